The lowest BCUT2D eigenvalue weighted by atomic mass is 10.1. The van der Waals surface area contributed by atoms with Gasteiger partial charge in [-0.2, -0.15) is 13.2 Å². The zero-order valence-corrected chi connectivity index (χ0v) is 12.6. The topological polar surface area (TPSA) is 17.8 Å². The molecule has 23 heavy (non-hydrogen) atoms. The largest absolute Gasteiger partial charge is 0.449 e. The normalized spacial score (nSPS) is 12.1. The molecule has 0 aliphatic heterocycles. The molecule has 0 radical (unpaired) electrons. The van der Waals surface area contributed by atoms with Crippen molar-refractivity contribution in [2.75, 3.05) is 0 Å². The van der Waals surface area contributed by atoms with Gasteiger partial charge < -0.3 is 4.57 Å². The van der Waals surface area contributed by atoms with Crippen LogP contribution in [-0.2, 0) is 12.7 Å². The fraction of sp³-hybridized carbons (Fsp3) is 0.235. The highest BCUT2D eigenvalue weighted by atomic mass is 19.4. The van der Waals surface area contributed by atoms with E-state index in [-0.39, 0.29) is 6.54 Å². The van der Waals surface area contributed by atoms with E-state index in [1.807, 2.05) is 13.8 Å². The van der Waals surface area contributed by atoms with Gasteiger partial charge in [0.2, 0.25) is 5.82 Å². The number of halogens is 4. The van der Waals surface area contributed by atoms with Crippen molar-refractivity contribution >= 4 is 11.0 Å². The Bertz CT molecular complexity index is 861. The number of aromatic nitrogens is 2. The van der Waals surface area contributed by atoms with Crippen LogP contribution in [0.1, 0.15) is 22.5 Å². The summed E-state index contributed by atoms with van der Waals surface area (Å²) in [6.45, 7) is 3.66. The second-order valence-electron chi connectivity index (χ2n) is 5.57. The van der Waals surface area contributed by atoms with Crippen molar-refractivity contribution in [2.24, 2.45) is 0 Å². The maximum Gasteiger partial charge on any atom is 0.449 e. The van der Waals surface area contributed by atoms with Crippen LogP contribution < -0.4 is 0 Å². The summed E-state index contributed by atoms with van der Waals surface area (Å²) in [6.07, 6.45) is -4.55. The van der Waals surface area contributed by atoms with E-state index in [2.05, 4.69) is 4.98 Å². The molecule has 2 aromatic carbocycles. The first-order valence-corrected chi connectivity index (χ1v) is 7.05. The summed E-state index contributed by atoms with van der Waals surface area (Å²) < 4.78 is 54.1. The molecule has 3 rings (SSSR count). The van der Waals surface area contributed by atoms with Crippen molar-refractivity contribution in [1.29, 1.82) is 0 Å². The van der Waals surface area contributed by atoms with E-state index in [1.54, 1.807) is 12.1 Å². The molecule has 0 N–H and O–H groups in total. The van der Waals surface area contributed by atoms with Gasteiger partial charge in [-0.25, -0.2) is 9.37 Å². The summed E-state index contributed by atoms with van der Waals surface area (Å²) in [4.78, 5) is 3.76. The van der Waals surface area contributed by atoms with Crippen LogP contribution in [0, 0.1) is 19.7 Å². The number of hydrogen-bond acceptors (Lipinski definition) is 1. The van der Waals surface area contributed by atoms with Crippen molar-refractivity contribution < 1.29 is 17.6 Å². The van der Waals surface area contributed by atoms with Crippen LogP contribution in [0.2, 0.25) is 0 Å². The maximum atomic E-state index is 13.3. The van der Waals surface area contributed by atoms with Gasteiger partial charge in [-0.05, 0) is 54.8 Å². The van der Waals surface area contributed by atoms with Crippen LogP contribution in [0.4, 0.5) is 17.6 Å². The lowest BCUT2D eigenvalue weighted by Crippen LogP contribution is -2.15. The molecule has 6 heteroatoms. The predicted molar refractivity (Wildman–Crippen MR) is 79.7 cm³/mol. The Labute approximate surface area is 130 Å². The summed E-state index contributed by atoms with van der Waals surface area (Å²) >= 11 is 0. The number of rotatable bonds is 2. The first-order chi connectivity index (χ1) is 10.8. The van der Waals surface area contributed by atoms with Gasteiger partial charge in [-0.1, -0.05) is 12.1 Å². The van der Waals surface area contributed by atoms with Crippen molar-refractivity contribution in [2.45, 2.75) is 26.6 Å². The van der Waals surface area contributed by atoms with Crippen molar-refractivity contribution in [3.63, 3.8) is 0 Å². The molecule has 1 heterocycles. The molecule has 0 spiro atoms. The SMILES string of the molecule is Cc1cc2nc(C(F)(F)F)n(Cc3ccc(F)cc3)c2cc1C. The van der Waals surface area contributed by atoms with Crippen LogP contribution in [0.3, 0.4) is 0 Å². The molecule has 0 atom stereocenters. The van der Waals surface area contributed by atoms with Gasteiger partial charge in [0, 0.05) is 6.54 Å². The summed E-state index contributed by atoms with van der Waals surface area (Å²) in [5.74, 6) is -1.37. The molecule has 0 fully saturated rings. The molecule has 0 amide bonds. The lowest BCUT2D eigenvalue weighted by Gasteiger charge is -2.12. The summed E-state index contributed by atoms with van der Waals surface area (Å²) in [7, 11) is 0. The van der Waals surface area contributed by atoms with Crippen LogP contribution in [-0.4, -0.2) is 9.55 Å². The molecule has 1 aromatic heterocycles. The average Bonchev–Trinajstić information content (AvgIpc) is 2.80. The molecule has 0 saturated heterocycles. The zero-order valence-electron chi connectivity index (χ0n) is 12.6. The van der Waals surface area contributed by atoms with Gasteiger partial charge >= 0.3 is 6.18 Å². The van der Waals surface area contributed by atoms with E-state index in [0.29, 0.717) is 16.6 Å². The predicted octanol–water partition coefficient (Wildman–Crippen LogP) is 4.86. The quantitative estimate of drug-likeness (QED) is 0.616. The third-order valence-corrected chi connectivity index (χ3v) is 3.87. The molecule has 2 nitrogen and oxygen atoms in total. The minimum atomic E-state index is -4.55. The van der Waals surface area contributed by atoms with Crippen LogP contribution in [0.25, 0.3) is 11.0 Å². The highest BCUT2D eigenvalue weighted by Crippen LogP contribution is 2.33. The van der Waals surface area contributed by atoms with Gasteiger partial charge in [-0.3, -0.25) is 0 Å². The monoisotopic (exact) mass is 322 g/mol. The number of benzene rings is 2. The molecule has 0 aliphatic carbocycles. The third kappa shape index (κ3) is 2.93. The molecular formula is C17H14F4N2. The van der Waals surface area contributed by atoms with Crippen LogP contribution >= 0.6 is 0 Å². The molecule has 120 valence electrons. The van der Waals surface area contributed by atoms with Gasteiger partial charge in [0.25, 0.3) is 0 Å². The number of aryl methyl sites for hydroxylation is 2. The van der Waals surface area contributed by atoms with E-state index >= 15 is 0 Å². The molecule has 0 unspecified atom stereocenters. The standard InChI is InChI=1S/C17H14F4N2/c1-10-7-14-15(8-11(10)2)23(16(22-14)17(19,20)21)9-12-3-5-13(18)6-4-12/h3-8H,9H2,1-2H3. The Kier molecular flexibility index (Phi) is 3.62. The minimum absolute atomic E-state index is 0.0197. The first-order valence-electron chi connectivity index (χ1n) is 7.05. The van der Waals surface area contributed by atoms with Gasteiger partial charge in [0.1, 0.15) is 5.82 Å². The van der Waals surface area contributed by atoms with E-state index < -0.39 is 17.8 Å². The van der Waals surface area contributed by atoms with E-state index in [9.17, 15) is 17.6 Å². The van der Waals surface area contributed by atoms with Gasteiger partial charge in [0.15, 0.2) is 0 Å². The minimum Gasteiger partial charge on any atom is -0.316 e. The van der Waals surface area contributed by atoms with Crippen LogP contribution in [0.5, 0.6) is 0 Å². The van der Waals surface area contributed by atoms with E-state index in [1.165, 1.54) is 24.3 Å². The molecule has 3 aromatic rings. The Balaban J connectivity index is 2.19. The van der Waals surface area contributed by atoms with Crippen LogP contribution in [0.15, 0.2) is 36.4 Å². The first kappa shape index (κ1) is 15.5. The number of alkyl halides is 3. The summed E-state index contributed by atoms with van der Waals surface area (Å²) in [5, 5.41) is 0. The number of hydrogen-bond donors (Lipinski definition) is 0. The van der Waals surface area contributed by atoms with Crippen molar-refractivity contribution in [3.8, 4) is 0 Å². The highest BCUT2D eigenvalue weighted by molar-refractivity contribution is 5.78. The van der Waals surface area contributed by atoms with Crippen molar-refractivity contribution in [3.05, 3.63) is 64.7 Å². The van der Waals surface area contributed by atoms with Gasteiger partial charge in [0.05, 0.1) is 11.0 Å². The maximum absolute atomic E-state index is 13.3. The molecule has 0 saturated carbocycles. The van der Waals surface area contributed by atoms with E-state index in [0.717, 1.165) is 15.7 Å². The van der Waals surface area contributed by atoms with Crippen molar-refractivity contribution in [1.82, 2.24) is 9.55 Å². The lowest BCUT2D eigenvalue weighted by molar-refractivity contribution is -0.146. The Morgan fingerprint density at radius 2 is 1.61 bits per heavy atom. The Morgan fingerprint density at radius 3 is 2.22 bits per heavy atom. The zero-order chi connectivity index (χ0) is 16.8. The fourth-order valence-electron chi connectivity index (χ4n) is 2.53. The average molecular weight is 322 g/mol. The summed E-state index contributed by atoms with van der Waals surface area (Å²) in [6, 6.07) is 8.77. The number of imidazole rings is 1. The molecule has 0 bridgehead atoms. The number of nitrogens with zero attached hydrogens (tertiary/aromatic N) is 2. The highest BCUT2D eigenvalue weighted by Gasteiger charge is 2.37. The van der Waals surface area contributed by atoms with E-state index in [4.69, 9.17) is 0 Å². The summed E-state index contributed by atoms with van der Waals surface area (Å²) in [5.41, 5.74) is 3.09. The number of fused-ring (bicyclic) bond motifs is 1. The Hall–Kier alpha value is -2.37. The Morgan fingerprint density at radius 1 is 1.00 bits per heavy atom. The second kappa shape index (κ2) is 5.37. The molecule has 0 aliphatic rings. The smallest absolute Gasteiger partial charge is 0.316 e. The second-order valence-corrected chi connectivity index (χ2v) is 5.57. The molecular weight excluding hydrogens is 308 g/mol. The fourth-order valence-corrected chi connectivity index (χ4v) is 2.53. The third-order valence-electron chi connectivity index (χ3n) is 3.87. The van der Waals surface area contributed by atoms with Gasteiger partial charge in [-0.15, -0.1) is 0 Å².